The van der Waals surface area contributed by atoms with Crippen molar-refractivity contribution in [1.29, 1.82) is 0 Å². The molecule has 3 rings (SSSR count). The van der Waals surface area contributed by atoms with Gasteiger partial charge in [-0.3, -0.25) is 4.99 Å². The average Bonchev–Trinajstić information content (AvgIpc) is 2.67. The SMILES string of the molecule is COc1ccc(-c2ccccc2CN=C(Cl)c2ccccc2)cc1. The maximum Gasteiger partial charge on any atom is 0.131 e. The van der Waals surface area contributed by atoms with Gasteiger partial charge in [0.1, 0.15) is 10.9 Å². The van der Waals surface area contributed by atoms with E-state index in [9.17, 15) is 0 Å². The van der Waals surface area contributed by atoms with Gasteiger partial charge in [-0.15, -0.1) is 0 Å². The molecule has 3 heteroatoms. The van der Waals surface area contributed by atoms with Gasteiger partial charge in [-0.2, -0.15) is 0 Å². The third-order valence-corrected chi connectivity index (χ3v) is 4.16. The van der Waals surface area contributed by atoms with E-state index in [1.165, 1.54) is 0 Å². The second-order valence-corrected chi connectivity index (χ2v) is 5.72. The first kappa shape index (κ1) is 16.3. The first-order valence-electron chi connectivity index (χ1n) is 7.75. The quantitative estimate of drug-likeness (QED) is 0.560. The number of aliphatic imine (C=N–C) groups is 1. The van der Waals surface area contributed by atoms with Crippen molar-refractivity contribution in [1.82, 2.24) is 0 Å². The minimum atomic E-state index is 0.528. The highest BCUT2D eigenvalue weighted by atomic mass is 35.5. The van der Waals surface area contributed by atoms with Crippen LogP contribution in [-0.4, -0.2) is 12.3 Å². The van der Waals surface area contributed by atoms with Gasteiger partial charge in [-0.1, -0.05) is 78.3 Å². The van der Waals surface area contributed by atoms with Gasteiger partial charge >= 0.3 is 0 Å². The Morgan fingerprint density at radius 2 is 1.54 bits per heavy atom. The van der Waals surface area contributed by atoms with Crippen LogP contribution < -0.4 is 4.74 Å². The van der Waals surface area contributed by atoms with Crippen LogP contribution in [0.2, 0.25) is 0 Å². The summed E-state index contributed by atoms with van der Waals surface area (Å²) in [4.78, 5) is 4.54. The molecular weight excluding hydrogens is 318 g/mol. The van der Waals surface area contributed by atoms with Crippen LogP contribution in [0.4, 0.5) is 0 Å². The highest BCUT2D eigenvalue weighted by molar-refractivity contribution is 6.69. The molecule has 24 heavy (non-hydrogen) atoms. The summed E-state index contributed by atoms with van der Waals surface area (Å²) in [6.45, 7) is 0.538. The molecule has 0 aliphatic rings. The molecular formula is C21H18ClNO. The predicted octanol–water partition coefficient (Wildman–Crippen LogP) is 5.55. The summed E-state index contributed by atoms with van der Waals surface area (Å²) in [6.07, 6.45) is 0. The summed E-state index contributed by atoms with van der Waals surface area (Å²) in [5, 5.41) is 0.528. The number of benzene rings is 3. The molecule has 120 valence electrons. The van der Waals surface area contributed by atoms with Gasteiger partial charge in [0.05, 0.1) is 13.7 Å². The molecule has 0 unspecified atom stereocenters. The smallest absolute Gasteiger partial charge is 0.131 e. The number of hydrogen-bond acceptors (Lipinski definition) is 2. The lowest BCUT2D eigenvalue weighted by molar-refractivity contribution is 0.415. The number of rotatable bonds is 5. The molecule has 0 aliphatic carbocycles. The third kappa shape index (κ3) is 3.84. The summed E-state index contributed by atoms with van der Waals surface area (Å²) in [5.41, 5.74) is 4.36. The largest absolute Gasteiger partial charge is 0.497 e. The fourth-order valence-electron chi connectivity index (χ4n) is 2.53. The number of hydrogen-bond donors (Lipinski definition) is 0. The Hall–Kier alpha value is -2.58. The number of nitrogens with zero attached hydrogens (tertiary/aromatic N) is 1. The monoisotopic (exact) mass is 335 g/mol. The van der Waals surface area contributed by atoms with Crippen LogP contribution in [0.25, 0.3) is 11.1 Å². The van der Waals surface area contributed by atoms with Crippen molar-refractivity contribution in [3.63, 3.8) is 0 Å². The molecule has 0 aliphatic heterocycles. The molecule has 0 saturated carbocycles. The van der Waals surface area contributed by atoms with Gasteiger partial charge in [0.25, 0.3) is 0 Å². The van der Waals surface area contributed by atoms with E-state index >= 15 is 0 Å². The first-order valence-corrected chi connectivity index (χ1v) is 8.13. The fourth-order valence-corrected chi connectivity index (χ4v) is 2.72. The highest BCUT2D eigenvalue weighted by Crippen LogP contribution is 2.26. The molecule has 0 atom stereocenters. The van der Waals surface area contributed by atoms with Gasteiger partial charge in [-0.25, -0.2) is 0 Å². The Morgan fingerprint density at radius 1 is 0.875 bits per heavy atom. The second-order valence-electron chi connectivity index (χ2n) is 5.36. The van der Waals surface area contributed by atoms with Crippen LogP contribution in [-0.2, 0) is 6.54 Å². The molecule has 0 N–H and O–H groups in total. The maximum absolute atomic E-state index is 6.33. The van der Waals surface area contributed by atoms with Crippen LogP contribution in [0, 0.1) is 0 Å². The van der Waals surface area contributed by atoms with E-state index in [1.807, 2.05) is 54.6 Å². The van der Waals surface area contributed by atoms with Crippen LogP contribution in [0.5, 0.6) is 5.75 Å². The molecule has 0 radical (unpaired) electrons. The van der Waals surface area contributed by atoms with Crippen molar-refractivity contribution in [2.75, 3.05) is 7.11 Å². The number of halogens is 1. The van der Waals surface area contributed by atoms with Gasteiger partial charge in [0.2, 0.25) is 0 Å². The number of methoxy groups -OCH3 is 1. The Labute approximate surface area is 147 Å². The molecule has 0 fully saturated rings. The second kappa shape index (κ2) is 7.80. The fraction of sp³-hybridized carbons (Fsp3) is 0.0952. The predicted molar refractivity (Wildman–Crippen MR) is 101 cm³/mol. The van der Waals surface area contributed by atoms with E-state index in [0.29, 0.717) is 11.7 Å². The highest BCUT2D eigenvalue weighted by Gasteiger charge is 2.05. The van der Waals surface area contributed by atoms with Gasteiger partial charge < -0.3 is 4.74 Å². The molecule has 0 spiro atoms. The van der Waals surface area contributed by atoms with Crippen molar-refractivity contribution >= 4 is 16.8 Å². The first-order chi connectivity index (χ1) is 11.8. The minimum absolute atomic E-state index is 0.528. The van der Waals surface area contributed by atoms with Gasteiger partial charge in [0, 0.05) is 5.56 Å². The summed E-state index contributed by atoms with van der Waals surface area (Å²) >= 11 is 6.33. The van der Waals surface area contributed by atoms with Crippen LogP contribution >= 0.6 is 11.6 Å². The van der Waals surface area contributed by atoms with E-state index in [-0.39, 0.29) is 0 Å². The molecule has 0 amide bonds. The van der Waals surface area contributed by atoms with Gasteiger partial charge in [0.15, 0.2) is 0 Å². The van der Waals surface area contributed by atoms with E-state index in [0.717, 1.165) is 28.0 Å². The summed E-state index contributed by atoms with van der Waals surface area (Å²) in [6, 6.07) is 26.1. The zero-order chi connectivity index (χ0) is 16.8. The molecule has 0 saturated heterocycles. The van der Waals surface area contributed by atoms with E-state index in [1.54, 1.807) is 7.11 Å². The van der Waals surface area contributed by atoms with Crippen molar-refractivity contribution in [2.24, 2.45) is 4.99 Å². The van der Waals surface area contributed by atoms with Crippen LogP contribution in [0.15, 0.2) is 83.9 Å². The van der Waals surface area contributed by atoms with Gasteiger partial charge in [-0.05, 0) is 28.8 Å². The lowest BCUT2D eigenvalue weighted by atomic mass is 10.00. The topological polar surface area (TPSA) is 21.6 Å². The zero-order valence-electron chi connectivity index (χ0n) is 13.4. The third-order valence-electron chi connectivity index (χ3n) is 3.82. The summed E-state index contributed by atoms with van der Waals surface area (Å²) < 4.78 is 5.22. The van der Waals surface area contributed by atoms with Crippen LogP contribution in [0.3, 0.4) is 0 Å². The molecule has 0 heterocycles. The van der Waals surface area contributed by atoms with Crippen LogP contribution in [0.1, 0.15) is 11.1 Å². The minimum Gasteiger partial charge on any atom is -0.497 e. The molecule has 0 bridgehead atoms. The van der Waals surface area contributed by atoms with Crippen molar-refractivity contribution < 1.29 is 4.74 Å². The van der Waals surface area contributed by atoms with Crippen molar-refractivity contribution in [3.05, 3.63) is 90.0 Å². The average molecular weight is 336 g/mol. The lowest BCUT2D eigenvalue weighted by Gasteiger charge is -2.09. The summed E-state index contributed by atoms with van der Waals surface area (Å²) in [5.74, 6) is 0.848. The standard InChI is InChI=1S/C21H18ClNO/c1-24-19-13-11-16(12-14-19)20-10-6-5-9-18(20)15-23-21(22)17-7-3-2-4-8-17/h2-14H,15H2,1H3. The Morgan fingerprint density at radius 3 is 2.25 bits per heavy atom. The molecule has 2 nitrogen and oxygen atoms in total. The van der Waals surface area contributed by atoms with E-state index in [2.05, 4.69) is 29.3 Å². The zero-order valence-corrected chi connectivity index (χ0v) is 14.2. The van der Waals surface area contributed by atoms with E-state index in [4.69, 9.17) is 16.3 Å². The Balaban J connectivity index is 1.86. The van der Waals surface area contributed by atoms with Crippen molar-refractivity contribution in [3.8, 4) is 16.9 Å². The summed E-state index contributed by atoms with van der Waals surface area (Å²) in [7, 11) is 1.67. The normalized spacial score (nSPS) is 11.3. The molecule has 3 aromatic rings. The van der Waals surface area contributed by atoms with Crippen molar-refractivity contribution in [2.45, 2.75) is 6.54 Å². The Kier molecular flexibility index (Phi) is 5.29. The van der Waals surface area contributed by atoms with E-state index < -0.39 is 0 Å². The molecule has 0 aromatic heterocycles. The Bertz CT molecular complexity index is 826. The maximum atomic E-state index is 6.33. The molecule has 3 aromatic carbocycles. The number of ether oxygens (including phenoxy) is 1. The lowest BCUT2D eigenvalue weighted by Crippen LogP contribution is -1.94.